The first-order valence-electron chi connectivity index (χ1n) is 4.45. The number of carboxylic acids is 1. The molecule has 0 bridgehead atoms. The van der Waals surface area contributed by atoms with Crippen molar-refractivity contribution in [3.05, 3.63) is 28.4 Å². The van der Waals surface area contributed by atoms with Crippen LogP contribution in [0.3, 0.4) is 0 Å². The van der Waals surface area contributed by atoms with Crippen LogP contribution in [-0.2, 0) is 11.2 Å². The molecule has 0 atom stereocenters. The van der Waals surface area contributed by atoms with Crippen LogP contribution >= 0.6 is 0 Å². The van der Waals surface area contributed by atoms with Crippen LogP contribution in [-0.4, -0.2) is 20.6 Å². The Balaban J connectivity index is 2.36. The molecule has 1 aliphatic carbocycles. The lowest BCUT2D eigenvalue weighted by Crippen LogP contribution is -2.24. The fourth-order valence-electron chi connectivity index (χ4n) is 1.37. The van der Waals surface area contributed by atoms with Crippen molar-refractivity contribution in [1.29, 1.82) is 0 Å². The summed E-state index contributed by atoms with van der Waals surface area (Å²) in [6.07, 6.45) is 4.52. The van der Waals surface area contributed by atoms with Crippen LogP contribution in [0.2, 0.25) is 0 Å². The summed E-state index contributed by atoms with van der Waals surface area (Å²) >= 11 is 0. The maximum absolute atomic E-state index is 11.6. The van der Waals surface area contributed by atoms with Gasteiger partial charge in [-0.2, -0.15) is 0 Å². The second-order valence-electron chi connectivity index (χ2n) is 3.43. The molecule has 1 fully saturated rings. The van der Waals surface area contributed by atoms with Gasteiger partial charge < -0.3 is 5.11 Å². The predicted octanol–water partition coefficient (Wildman–Crippen LogP) is 0.205. The molecule has 0 saturated heterocycles. The van der Waals surface area contributed by atoms with Crippen LogP contribution in [0.15, 0.2) is 17.3 Å². The highest BCUT2D eigenvalue weighted by atomic mass is 16.4. The minimum absolute atomic E-state index is 0.218. The van der Waals surface area contributed by atoms with E-state index in [2.05, 4.69) is 4.98 Å². The average Bonchev–Trinajstić information content (AvgIpc) is 2.91. The normalized spacial score (nSPS) is 15.4. The zero-order valence-electron chi connectivity index (χ0n) is 7.51. The lowest BCUT2D eigenvalue weighted by Gasteiger charge is -2.03. The van der Waals surface area contributed by atoms with Gasteiger partial charge in [0.1, 0.15) is 0 Å². The highest BCUT2D eigenvalue weighted by molar-refractivity contribution is 5.69. The molecule has 1 aromatic rings. The Hall–Kier alpha value is -1.65. The average molecular weight is 194 g/mol. The summed E-state index contributed by atoms with van der Waals surface area (Å²) in [5, 5.41) is 8.56. The molecule has 1 aromatic heterocycles. The molecule has 0 amide bonds. The summed E-state index contributed by atoms with van der Waals surface area (Å²) in [6.45, 7) is 0. The van der Waals surface area contributed by atoms with Gasteiger partial charge in [-0.05, 0) is 12.8 Å². The van der Waals surface area contributed by atoms with Crippen LogP contribution in [0.5, 0.6) is 0 Å². The van der Waals surface area contributed by atoms with Gasteiger partial charge >= 0.3 is 5.97 Å². The summed E-state index contributed by atoms with van der Waals surface area (Å²) in [5.74, 6) is -1.00. The van der Waals surface area contributed by atoms with Gasteiger partial charge in [0.2, 0.25) is 0 Å². The van der Waals surface area contributed by atoms with Gasteiger partial charge in [-0.25, -0.2) is 4.98 Å². The Bertz CT molecular complexity index is 420. The van der Waals surface area contributed by atoms with E-state index >= 15 is 0 Å². The van der Waals surface area contributed by atoms with Gasteiger partial charge in [-0.3, -0.25) is 14.2 Å². The minimum atomic E-state index is -1.00. The third kappa shape index (κ3) is 1.66. The van der Waals surface area contributed by atoms with E-state index in [-0.39, 0.29) is 23.6 Å². The number of aliphatic carboxylic acids is 1. The molecule has 5 nitrogen and oxygen atoms in total. The first-order chi connectivity index (χ1) is 6.68. The van der Waals surface area contributed by atoms with Gasteiger partial charge in [0.15, 0.2) is 0 Å². The number of hydrogen-bond acceptors (Lipinski definition) is 3. The Morgan fingerprint density at radius 2 is 2.36 bits per heavy atom. The molecule has 1 N–H and O–H groups in total. The SMILES string of the molecule is O=C(O)Cc1cncn(C2CC2)c1=O. The van der Waals surface area contributed by atoms with E-state index in [0.29, 0.717) is 0 Å². The highest BCUT2D eigenvalue weighted by Crippen LogP contribution is 2.32. The summed E-state index contributed by atoms with van der Waals surface area (Å²) in [4.78, 5) is 25.9. The largest absolute Gasteiger partial charge is 0.481 e. The molecule has 0 radical (unpaired) electrons. The Labute approximate surface area is 80.0 Å². The van der Waals surface area contributed by atoms with E-state index in [1.165, 1.54) is 17.1 Å². The van der Waals surface area contributed by atoms with Crippen molar-refractivity contribution in [3.8, 4) is 0 Å². The van der Waals surface area contributed by atoms with E-state index in [1.807, 2.05) is 0 Å². The zero-order chi connectivity index (χ0) is 10.1. The Morgan fingerprint density at radius 1 is 1.64 bits per heavy atom. The first-order valence-corrected chi connectivity index (χ1v) is 4.45. The molecule has 1 heterocycles. The van der Waals surface area contributed by atoms with Crippen LogP contribution in [0.4, 0.5) is 0 Å². The van der Waals surface area contributed by atoms with E-state index in [0.717, 1.165) is 12.8 Å². The quantitative estimate of drug-likeness (QED) is 0.746. The Morgan fingerprint density at radius 3 is 2.93 bits per heavy atom. The van der Waals surface area contributed by atoms with Crippen molar-refractivity contribution in [2.24, 2.45) is 0 Å². The van der Waals surface area contributed by atoms with Crippen molar-refractivity contribution in [2.75, 3.05) is 0 Å². The van der Waals surface area contributed by atoms with Crippen LogP contribution < -0.4 is 5.56 Å². The lowest BCUT2D eigenvalue weighted by atomic mass is 10.2. The summed E-state index contributed by atoms with van der Waals surface area (Å²) in [5.41, 5.74) is 0.0387. The number of rotatable bonds is 3. The Kier molecular flexibility index (Phi) is 2.07. The summed E-state index contributed by atoms with van der Waals surface area (Å²) in [7, 11) is 0. The van der Waals surface area contributed by atoms with Crippen molar-refractivity contribution in [2.45, 2.75) is 25.3 Å². The second kappa shape index (κ2) is 3.25. The smallest absolute Gasteiger partial charge is 0.308 e. The minimum Gasteiger partial charge on any atom is -0.481 e. The molecule has 1 aliphatic rings. The van der Waals surface area contributed by atoms with E-state index in [1.54, 1.807) is 0 Å². The maximum atomic E-state index is 11.6. The highest BCUT2D eigenvalue weighted by Gasteiger charge is 2.25. The molecule has 14 heavy (non-hydrogen) atoms. The van der Waals surface area contributed by atoms with Gasteiger partial charge in [-0.1, -0.05) is 0 Å². The zero-order valence-corrected chi connectivity index (χ0v) is 7.51. The second-order valence-corrected chi connectivity index (χ2v) is 3.43. The third-order valence-electron chi connectivity index (χ3n) is 2.21. The molecule has 74 valence electrons. The third-order valence-corrected chi connectivity index (χ3v) is 2.21. The van der Waals surface area contributed by atoms with Crippen LogP contribution in [0.1, 0.15) is 24.4 Å². The topological polar surface area (TPSA) is 72.2 Å². The van der Waals surface area contributed by atoms with E-state index < -0.39 is 5.97 Å². The molecule has 0 aliphatic heterocycles. The van der Waals surface area contributed by atoms with Gasteiger partial charge in [0.05, 0.1) is 12.7 Å². The number of carboxylic acid groups (broad SMARTS) is 1. The van der Waals surface area contributed by atoms with Crippen molar-refractivity contribution in [1.82, 2.24) is 9.55 Å². The number of nitrogens with zero attached hydrogens (tertiary/aromatic N) is 2. The fourth-order valence-corrected chi connectivity index (χ4v) is 1.37. The van der Waals surface area contributed by atoms with Crippen LogP contribution in [0, 0.1) is 0 Å². The summed E-state index contributed by atoms with van der Waals surface area (Å²) < 4.78 is 1.53. The molecule has 1 saturated carbocycles. The molecular weight excluding hydrogens is 184 g/mol. The molecule has 5 heteroatoms. The predicted molar refractivity (Wildman–Crippen MR) is 48.1 cm³/mol. The standard InChI is InChI=1S/C9H10N2O3/c12-8(13)3-6-4-10-5-11(9(6)14)7-1-2-7/h4-5,7H,1-3H2,(H,12,13). The molecule has 0 spiro atoms. The monoisotopic (exact) mass is 194 g/mol. The lowest BCUT2D eigenvalue weighted by molar-refractivity contribution is -0.136. The van der Waals surface area contributed by atoms with Crippen molar-refractivity contribution < 1.29 is 9.90 Å². The molecule has 2 rings (SSSR count). The van der Waals surface area contributed by atoms with Gasteiger partial charge in [-0.15, -0.1) is 0 Å². The van der Waals surface area contributed by atoms with Crippen LogP contribution in [0.25, 0.3) is 0 Å². The fraction of sp³-hybridized carbons (Fsp3) is 0.444. The number of aromatic nitrogens is 2. The first kappa shape index (κ1) is 8.93. The molecule has 0 unspecified atom stereocenters. The molecule has 0 aromatic carbocycles. The van der Waals surface area contributed by atoms with E-state index in [4.69, 9.17) is 5.11 Å². The number of hydrogen-bond donors (Lipinski definition) is 1. The van der Waals surface area contributed by atoms with E-state index in [9.17, 15) is 9.59 Å². The van der Waals surface area contributed by atoms with Gasteiger partial charge in [0, 0.05) is 17.8 Å². The van der Waals surface area contributed by atoms with Gasteiger partial charge in [0.25, 0.3) is 5.56 Å². The molecular formula is C9H10N2O3. The number of carbonyl (C=O) groups is 1. The van der Waals surface area contributed by atoms with Crippen molar-refractivity contribution in [3.63, 3.8) is 0 Å². The maximum Gasteiger partial charge on any atom is 0.308 e. The summed E-state index contributed by atoms with van der Waals surface area (Å²) in [6, 6.07) is 0.240. The van der Waals surface area contributed by atoms with Crippen molar-refractivity contribution >= 4 is 5.97 Å².